The highest BCUT2D eigenvalue weighted by atomic mass is 16.5. The number of hydrogen-bond donors (Lipinski definition) is 4. The van der Waals surface area contributed by atoms with Crippen LogP contribution >= 0.6 is 0 Å². The fourth-order valence-electron chi connectivity index (χ4n) is 5.06. The topological polar surface area (TPSA) is 169 Å². The highest BCUT2D eigenvalue weighted by Gasteiger charge is 2.23. The van der Waals surface area contributed by atoms with Gasteiger partial charge in [0.15, 0.2) is 0 Å². The summed E-state index contributed by atoms with van der Waals surface area (Å²) in [7, 11) is 3.38. The zero-order chi connectivity index (χ0) is 41.1. The standard InChI is InChI=1S/C33H39N3O7.C9H10O2.C2H6/c1-3-4-5-6-7-20-42-27-18-12-25(13-19-27)33(41)43-28-16-8-23(9-17-28)21-29(32(40)35-22-30(37)38)36-31(39)24-10-14-26(34-2)15-11-24;1-11-9-4-2-8(3-5-9)6-7-10;1-2/h8-19,29,34H,3-7,20-22H2,1-2H3,(H,35,40)(H,36,39)(H,37,38);2-5,7H,6H2,1H3;1-2H3. The smallest absolute Gasteiger partial charge is 0.343 e. The fraction of sp³-hybridized carbons (Fsp3) is 0.341. The Labute approximate surface area is 330 Å². The summed E-state index contributed by atoms with van der Waals surface area (Å²) >= 11 is 0. The van der Waals surface area contributed by atoms with Crippen LogP contribution in [0.15, 0.2) is 97.1 Å². The normalized spacial score (nSPS) is 10.5. The van der Waals surface area contributed by atoms with Gasteiger partial charge >= 0.3 is 11.9 Å². The molecule has 0 saturated heterocycles. The molecule has 0 aliphatic rings. The molecule has 12 nitrogen and oxygen atoms in total. The summed E-state index contributed by atoms with van der Waals surface area (Å²) in [5, 5.41) is 16.9. The number of carbonyl (C=O) groups is 5. The number of aldehydes is 1. The second kappa shape index (κ2) is 26.6. The summed E-state index contributed by atoms with van der Waals surface area (Å²) in [6, 6.07) is 26.4. The number of carboxylic acids is 1. The third-order valence-electron chi connectivity index (χ3n) is 8.13. The predicted octanol–water partition coefficient (Wildman–Crippen LogP) is 7.30. The molecule has 0 spiro atoms. The molecule has 0 bridgehead atoms. The Morgan fingerprint density at radius 2 is 1.30 bits per heavy atom. The van der Waals surface area contributed by atoms with E-state index in [0.29, 0.717) is 41.2 Å². The van der Waals surface area contributed by atoms with Gasteiger partial charge in [0.2, 0.25) is 5.91 Å². The summed E-state index contributed by atoms with van der Waals surface area (Å²) in [4.78, 5) is 59.3. The van der Waals surface area contributed by atoms with Crippen LogP contribution in [0.3, 0.4) is 0 Å². The minimum atomic E-state index is -1.20. The number of nitrogens with one attached hydrogen (secondary N) is 3. The lowest BCUT2D eigenvalue weighted by Gasteiger charge is -2.18. The average Bonchev–Trinajstić information content (AvgIpc) is 3.23. The molecule has 0 aliphatic heterocycles. The lowest BCUT2D eigenvalue weighted by atomic mass is 10.0. The van der Waals surface area contributed by atoms with Crippen LogP contribution in [0.1, 0.15) is 84.7 Å². The minimum Gasteiger partial charge on any atom is -0.497 e. The first-order chi connectivity index (χ1) is 27.1. The zero-order valence-corrected chi connectivity index (χ0v) is 33.0. The number of amides is 2. The molecule has 0 heterocycles. The maximum Gasteiger partial charge on any atom is 0.343 e. The van der Waals surface area contributed by atoms with Gasteiger partial charge < -0.3 is 40.1 Å². The quantitative estimate of drug-likeness (QED) is 0.0310. The number of benzene rings is 4. The third kappa shape index (κ3) is 17.3. The van der Waals surface area contributed by atoms with Crippen molar-refractivity contribution in [2.45, 2.75) is 71.8 Å². The summed E-state index contributed by atoms with van der Waals surface area (Å²) in [6.45, 7) is 6.23. The van der Waals surface area contributed by atoms with Gasteiger partial charge in [0, 0.05) is 31.1 Å². The molecule has 2 amide bonds. The second-order valence-corrected chi connectivity index (χ2v) is 12.2. The maximum atomic E-state index is 12.8. The molecule has 4 aromatic carbocycles. The van der Waals surface area contributed by atoms with Gasteiger partial charge in [-0.2, -0.15) is 0 Å². The van der Waals surface area contributed by atoms with Crippen LogP contribution in [-0.2, 0) is 27.2 Å². The molecule has 12 heteroatoms. The molecular weight excluding hydrogens is 714 g/mol. The van der Waals surface area contributed by atoms with Crippen LogP contribution in [-0.4, -0.2) is 68.5 Å². The molecule has 4 rings (SSSR count). The summed E-state index contributed by atoms with van der Waals surface area (Å²) in [6.07, 6.45) is 7.21. The molecule has 0 saturated carbocycles. The van der Waals surface area contributed by atoms with Crippen LogP contribution in [0.25, 0.3) is 0 Å². The number of carboxylic acid groups (broad SMARTS) is 1. The van der Waals surface area contributed by atoms with Gasteiger partial charge in [-0.1, -0.05) is 70.7 Å². The summed E-state index contributed by atoms with van der Waals surface area (Å²) in [5.74, 6) is -1.02. The largest absolute Gasteiger partial charge is 0.497 e. The molecular formula is C44H55N3O9. The Balaban J connectivity index is 0.000000708. The fourth-order valence-corrected chi connectivity index (χ4v) is 5.06. The predicted molar refractivity (Wildman–Crippen MR) is 218 cm³/mol. The van der Waals surface area contributed by atoms with E-state index in [1.54, 1.807) is 87.0 Å². The van der Waals surface area contributed by atoms with Crippen molar-refractivity contribution in [1.82, 2.24) is 10.6 Å². The van der Waals surface area contributed by atoms with Crippen LogP contribution < -0.4 is 30.2 Å². The number of unbranched alkanes of at least 4 members (excludes halogenated alkanes) is 4. The Bertz CT molecular complexity index is 1760. The highest BCUT2D eigenvalue weighted by molar-refractivity contribution is 5.98. The molecule has 300 valence electrons. The van der Waals surface area contributed by atoms with Gasteiger partial charge in [0.1, 0.15) is 36.1 Å². The van der Waals surface area contributed by atoms with E-state index in [2.05, 4.69) is 22.9 Å². The van der Waals surface area contributed by atoms with E-state index in [9.17, 15) is 24.0 Å². The van der Waals surface area contributed by atoms with Crippen LogP contribution in [0.2, 0.25) is 0 Å². The van der Waals surface area contributed by atoms with Crippen LogP contribution in [0.5, 0.6) is 17.2 Å². The number of hydrogen-bond acceptors (Lipinski definition) is 9. The molecule has 4 N–H and O–H groups in total. The molecule has 0 radical (unpaired) electrons. The number of anilines is 1. The SMILES string of the molecule is CC.CCCCCCCOc1ccc(C(=O)Oc2ccc(CC(NC(=O)c3ccc(NC)cc3)C(=O)NCC(=O)O)cc2)cc1.COc1ccc(CC=O)cc1. The summed E-state index contributed by atoms with van der Waals surface area (Å²) < 4.78 is 16.2. The Morgan fingerprint density at radius 1 is 0.732 bits per heavy atom. The number of aliphatic carboxylic acids is 1. The van der Waals surface area contributed by atoms with E-state index in [0.717, 1.165) is 36.1 Å². The van der Waals surface area contributed by atoms with Crippen LogP contribution in [0.4, 0.5) is 5.69 Å². The highest BCUT2D eigenvalue weighted by Crippen LogP contribution is 2.19. The molecule has 56 heavy (non-hydrogen) atoms. The second-order valence-electron chi connectivity index (χ2n) is 12.2. The Hall–Kier alpha value is -6.17. The van der Waals surface area contributed by atoms with Gasteiger partial charge in [0.25, 0.3) is 5.91 Å². The average molecular weight is 770 g/mol. The van der Waals surface area contributed by atoms with Gasteiger partial charge in [-0.15, -0.1) is 0 Å². The van der Waals surface area contributed by atoms with Gasteiger partial charge in [0.05, 0.1) is 19.3 Å². The van der Waals surface area contributed by atoms with Crippen molar-refractivity contribution >= 4 is 35.7 Å². The van der Waals surface area contributed by atoms with Crippen molar-refractivity contribution in [2.24, 2.45) is 0 Å². The molecule has 0 fully saturated rings. The first-order valence-corrected chi connectivity index (χ1v) is 18.8. The first-order valence-electron chi connectivity index (χ1n) is 18.8. The number of rotatable bonds is 20. The van der Waals surface area contributed by atoms with E-state index in [1.807, 2.05) is 38.1 Å². The number of methoxy groups -OCH3 is 1. The van der Waals surface area contributed by atoms with Gasteiger partial charge in [-0.05, 0) is 90.3 Å². The van der Waals surface area contributed by atoms with Crippen molar-refractivity contribution in [3.8, 4) is 17.2 Å². The van der Waals surface area contributed by atoms with Crippen molar-refractivity contribution < 1.29 is 43.3 Å². The van der Waals surface area contributed by atoms with Crippen molar-refractivity contribution in [1.29, 1.82) is 0 Å². The Morgan fingerprint density at radius 3 is 1.88 bits per heavy atom. The Kier molecular flexibility index (Phi) is 21.8. The van der Waals surface area contributed by atoms with Crippen LogP contribution in [0, 0.1) is 0 Å². The van der Waals surface area contributed by atoms with Gasteiger partial charge in [-0.3, -0.25) is 14.4 Å². The van der Waals surface area contributed by atoms with Crippen molar-refractivity contribution in [3.05, 3.63) is 119 Å². The maximum absolute atomic E-state index is 12.8. The lowest BCUT2D eigenvalue weighted by Crippen LogP contribution is -2.49. The van der Waals surface area contributed by atoms with E-state index in [-0.39, 0.29) is 6.42 Å². The molecule has 4 aromatic rings. The minimum absolute atomic E-state index is 0.0834. The molecule has 0 aliphatic carbocycles. The van der Waals surface area contributed by atoms with Gasteiger partial charge in [-0.25, -0.2) is 4.79 Å². The van der Waals surface area contributed by atoms with E-state index in [1.165, 1.54) is 19.3 Å². The van der Waals surface area contributed by atoms with E-state index >= 15 is 0 Å². The number of carbonyl (C=O) groups excluding carboxylic acids is 4. The van der Waals surface area contributed by atoms with E-state index < -0.39 is 36.3 Å². The molecule has 0 aromatic heterocycles. The lowest BCUT2D eigenvalue weighted by molar-refractivity contribution is -0.138. The third-order valence-corrected chi connectivity index (χ3v) is 8.13. The monoisotopic (exact) mass is 769 g/mol. The number of esters is 1. The first kappa shape index (κ1) is 46.0. The zero-order valence-electron chi connectivity index (χ0n) is 33.0. The molecule has 1 unspecified atom stereocenters. The molecule has 1 atom stereocenters. The van der Waals surface area contributed by atoms with E-state index in [4.69, 9.17) is 19.3 Å². The van der Waals surface area contributed by atoms with Crippen molar-refractivity contribution in [3.63, 3.8) is 0 Å². The number of ether oxygens (including phenoxy) is 3. The van der Waals surface area contributed by atoms with Crippen molar-refractivity contribution in [2.75, 3.05) is 32.6 Å². The summed E-state index contributed by atoms with van der Waals surface area (Å²) in [5.41, 5.74) is 3.22.